The monoisotopic (exact) mass is 243 g/mol. The van der Waals surface area contributed by atoms with Crippen molar-refractivity contribution in [2.75, 3.05) is 6.61 Å². The highest BCUT2D eigenvalue weighted by Gasteiger charge is 2.60. The Morgan fingerprint density at radius 2 is 1.88 bits per heavy atom. The second-order valence-electron chi connectivity index (χ2n) is 5.18. The maximum Gasteiger partial charge on any atom is 0.319 e. The third kappa shape index (κ3) is 2.28. The average molecular weight is 243 g/mol. The van der Waals surface area contributed by atoms with E-state index in [9.17, 15) is 14.9 Å². The number of esters is 1. The molecule has 1 fully saturated rings. The van der Waals surface area contributed by atoms with E-state index in [1.165, 1.54) is 13.8 Å². The highest BCUT2D eigenvalue weighted by atomic mass is 16.6. The van der Waals surface area contributed by atoms with Gasteiger partial charge in [-0.25, -0.2) is 0 Å². The van der Waals surface area contributed by atoms with Crippen LogP contribution in [0.2, 0.25) is 0 Å². The van der Waals surface area contributed by atoms with Gasteiger partial charge in [0.15, 0.2) is 0 Å². The number of hydrogen-bond acceptors (Lipinski definition) is 4. The molecule has 0 bridgehead atoms. The van der Waals surface area contributed by atoms with Crippen LogP contribution in [0.4, 0.5) is 0 Å². The molecule has 5 nitrogen and oxygen atoms in total. The van der Waals surface area contributed by atoms with Crippen molar-refractivity contribution in [3.05, 3.63) is 10.1 Å². The summed E-state index contributed by atoms with van der Waals surface area (Å²) in [6.07, 6.45) is 3.86. The summed E-state index contributed by atoms with van der Waals surface area (Å²) in [5.74, 6) is -0.401. The minimum atomic E-state index is -1.26. The second kappa shape index (κ2) is 5.02. The zero-order valence-electron chi connectivity index (χ0n) is 10.8. The Morgan fingerprint density at radius 3 is 2.29 bits per heavy atom. The molecule has 0 aliphatic heterocycles. The number of carbonyl (C=O) groups excluding carboxylic acids is 1. The number of ether oxygens (including phenoxy) is 1. The van der Waals surface area contributed by atoms with Crippen LogP contribution in [0.1, 0.15) is 52.9 Å². The van der Waals surface area contributed by atoms with E-state index in [0.717, 1.165) is 19.3 Å². The molecular weight excluding hydrogens is 222 g/mol. The summed E-state index contributed by atoms with van der Waals surface area (Å²) in [5.41, 5.74) is -2.22. The summed E-state index contributed by atoms with van der Waals surface area (Å²) >= 11 is 0. The van der Waals surface area contributed by atoms with Crippen molar-refractivity contribution < 1.29 is 14.5 Å². The molecule has 0 saturated heterocycles. The number of nitro groups is 1. The Morgan fingerprint density at radius 1 is 1.35 bits per heavy atom. The average Bonchev–Trinajstić information content (AvgIpc) is 2.29. The first kappa shape index (κ1) is 13.9. The standard InChI is InChI=1S/C12H21NO4/c1-4-17-10(14)12(8-6-5-7-9-12)11(2,3)13(15)16/h4-9H2,1-3H3. The van der Waals surface area contributed by atoms with Gasteiger partial charge in [-0.15, -0.1) is 0 Å². The molecule has 0 N–H and O–H groups in total. The summed E-state index contributed by atoms with van der Waals surface area (Å²) < 4.78 is 5.08. The topological polar surface area (TPSA) is 69.4 Å². The minimum absolute atomic E-state index is 0.272. The first-order chi connectivity index (χ1) is 7.88. The van der Waals surface area contributed by atoms with Crippen LogP contribution in [-0.4, -0.2) is 23.0 Å². The fourth-order valence-electron chi connectivity index (χ4n) is 2.67. The zero-order valence-corrected chi connectivity index (χ0v) is 10.8. The molecular formula is C12H21NO4. The molecule has 98 valence electrons. The summed E-state index contributed by atoms with van der Waals surface area (Å²) in [6.45, 7) is 5.08. The van der Waals surface area contributed by atoms with Gasteiger partial charge in [-0.05, 0) is 19.8 Å². The van der Waals surface area contributed by atoms with Crippen LogP contribution in [0.5, 0.6) is 0 Å². The quantitative estimate of drug-likeness (QED) is 0.432. The highest BCUT2D eigenvalue weighted by Crippen LogP contribution is 2.47. The molecule has 1 aliphatic rings. The zero-order chi connectivity index (χ0) is 13.1. The molecule has 0 atom stereocenters. The molecule has 1 rings (SSSR count). The van der Waals surface area contributed by atoms with Crippen molar-refractivity contribution in [2.45, 2.75) is 58.4 Å². The molecule has 1 saturated carbocycles. The maximum atomic E-state index is 12.1. The number of rotatable bonds is 4. The molecule has 0 aromatic heterocycles. The lowest BCUT2D eigenvalue weighted by Gasteiger charge is -2.40. The van der Waals surface area contributed by atoms with E-state index in [2.05, 4.69) is 0 Å². The van der Waals surface area contributed by atoms with Crippen molar-refractivity contribution in [1.29, 1.82) is 0 Å². The first-order valence-electron chi connectivity index (χ1n) is 6.20. The van der Waals surface area contributed by atoms with Crippen molar-refractivity contribution in [2.24, 2.45) is 5.41 Å². The summed E-state index contributed by atoms with van der Waals surface area (Å²) in [6, 6.07) is 0. The van der Waals surface area contributed by atoms with Gasteiger partial charge in [-0.3, -0.25) is 14.9 Å². The van der Waals surface area contributed by atoms with Gasteiger partial charge in [-0.2, -0.15) is 0 Å². The first-order valence-corrected chi connectivity index (χ1v) is 6.20. The molecule has 17 heavy (non-hydrogen) atoms. The van der Waals surface area contributed by atoms with Crippen LogP contribution < -0.4 is 0 Å². The predicted molar refractivity (Wildman–Crippen MR) is 63.2 cm³/mol. The third-order valence-corrected chi connectivity index (χ3v) is 4.00. The Hall–Kier alpha value is -1.13. The maximum absolute atomic E-state index is 12.1. The molecule has 0 aromatic carbocycles. The van der Waals surface area contributed by atoms with Gasteiger partial charge in [0.05, 0.1) is 6.61 Å². The highest BCUT2D eigenvalue weighted by molar-refractivity contribution is 5.78. The third-order valence-electron chi connectivity index (χ3n) is 4.00. The molecule has 0 radical (unpaired) electrons. The molecule has 0 unspecified atom stereocenters. The molecule has 0 spiro atoms. The normalized spacial score (nSPS) is 19.7. The summed E-state index contributed by atoms with van der Waals surface area (Å²) in [4.78, 5) is 23.0. The van der Waals surface area contributed by atoms with Crippen LogP contribution >= 0.6 is 0 Å². The molecule has 5 heteroatoms. The summed E-state index contributed by atoms with van der Waals surface area (Å²) in [7, 11) is 0. The van der Waals surface area contributed by atoms with Crippen LogP contribution in [0.3, 0.4) is 0 Å². The number of carbonyl (C=O) groups is 1. The van der Waals surface area contributed by atoms with Crippen LogP contribution in [0, 0.1) is 15.5 Å². The van der Waals surface area contributed by atoms with Gasteiger partial charge >= 0.3 is 5.97 Å². The Bertz CT molecular complexity index is 306. The molecule has 0 heterocycles. The molecule has 0 amide bonds. The fraction of sp³-hybridized carbons (Fsp3) is 0.917. The fourth-order valence-corrected chi connectivity index (χ4v) is 2.67. The van der Waals surface area contributed by atoms with E-state index in [-0.39, 0.29) is 11.5 Å². The van der Waals surface area contributed by atoms with Crippen LogP contribution in [0.25, 0.3) is 0 Å². The minimum Gasteiger partial charge on any atom is -0.465 e. The van der Waals surface area contributed by atoms with Crippen LogP contribution in [-0.2, 0) is 9.53 Å². The van der Waals surface area contributed by atoms with Gasteiger partial charge < -0.3 is 4.74 Å². The molecule has 1 aliphatic carbocycles. The van der Waals surface area contributed by atoms with Crippen molar-refractivity contribution in [3.63, 3.8) is 0 Å². The lowest BCUT2D eigenvalue weighted by atomic mass is 9.63. The molecule has 0 aromatic rings. The second-order valence-corrected chi connectivity index (χ2v) is 5.18. The lowest BCUT2D eigenvalue weighted by molar-refractivity contribution is -0.580. The van der Waals surface area contributed by atoms with E-state index < -0.39 is 16.9 Å². The largest absolute Gasteiger partial charge is 0.465 e. The van der Waals surface area contributed by atoms with E-state index in [0.29, 0.717) is 12.8 Å². The number of nitrogens with zero attached hydrogens (tertiary/aromatic N) is 1. The Labute approximate surface area is 102 Å². The van der Waals surface area contributed by atoms with Gasteiger partial charge in [-0.1, -0.05) is 19.3 Å². The van der Waals surface area contributed by atoms with E-state index in [4.69, 9.17) is 4.74 Å². The van der Waals surface area contributed by atoms with Gasteiger partial charge in [0.1, 0.15) is 5.41 Å². The predicted octanol–water partition coefficient (Wildman–Crippen LogP) is 2.56. The Kier molecular flexibility index (Phi) is 4.11. The van der Waals surface area contributed by atoms with Crippen molar-refractivity contribution in [3.8, 4) is 0 Å². The van der Waals surface area contributed by atoms with E-state index in [1.54, 1.807) is 6.92 Å². The SMILES string of the molecule is CCOC(=O)C1(C(C)(C)[N+](=O)[O-])CCCCC1. The lowest BCUT2D eigenvalue weighted by Crippen LogP contribution is -2.55. The number of hydrogen-bond donors (Lipinski definition) is 0. The van der Waals surface area contributed by atoms with E-state index >= 15 is 0 Å². The summed E-state index contributed by atoms with van der Waals surface area (Å²) in [5, 5.41) is 11.2. The van der Waals surface area contributed by atoms with Crippen molar-refractivity contribution >= 4 is 5.97 Å². The van der Waals surface area contributed by atoms with Crippen LogP contribution in [0.15, 0.2) is 0 Å². The van der Waals surface area contributed by atoms with Gasteiger partial charge in [0.25, 0.3) is 0 Å². The van der Waals surface area contributed by atoms with Gasteiger partial charge in [0.2, 0.25) is 5.54 Å². The van der Waals surface area contributed by atoms with E-state index in [1.807, 2.05) is 0 Å². The smallest absolute Gasteiger partial charge is 0.319 e. The van der Waals surface area contributed by atoms with Gasteiger partial charge in [0, 0.05) is 18.8 Å². The Balaban J connectivity index is 3.09. The van der Waals surface area contributed by atoms with Crippen molar-refractivity contribution in [1.82, 2.24) is 0 Å².